The largest absolute Gasteiger partial charge is 0.481 e. The van der Waals surface area contributed by atoms with E-state index in [1.54, 1.807) is 14.2 Å². The second-order valence-electron chi connectivity index (χ2n) is 4.28. The van der Waals surface area contributed by atoms with Crippen LogP contribution in [0.2, 0.25) is 0 Å². The lowest BCUT2D eigenvalue weighted by Crippen LogP contribution is -2.41. The Morgan fingerprint density at radius 2 is 2.11 bits per heavy atom. The highest BCUT2D eigenvalue weighted by molar-refractivity contribution is 5.75. The Morgan fingerprint density at radius 1 is 1.44 bits per heavy atom. The number of hydrogen-bond donors (Lipinski definition) is 2. The van der Waals surface area contributed by atoms with Crippen molar-refractivity contribution in [2.45, 2.75) is 26.2 Å². The zero-order valence-electron chi connectivity index (χ0n) is 11.4. The number of carboxylic acids is 1. The van der Waals surface area contributed by atoms with Gasteiger partial charge in [-0.25, -0.2) is 4.79 Å². The second kappa shape index (κ2) is 9.70. The smallest absolute Gasteiger partial charge is 0.317 e. The number of rotatable bonds is 9. The first kappa shape index (κ1) is 16.7. The van der Waals surface area contributed by atoms with Gasteiger partial charge in [0, 0.05) is 33.9 Å². The first-order valence-electron chi connectivity index (χ1n) is 6.23. The third kappa shape index (κ3) is 7.11. The average Bonchev–Trinajstić information content (AvgIpc) is 2.33. The lowest BCUT2D eigenvalue weighted by Gasteiger charge is -2.19. The molecule has 0 aliphatic heterocycles. The second-order valence-corrected chi connectivity index (χ2v) is 4.28. The minimum Gasteiger partial charge on any atom is -0.481 e. The summed E-state index contributed by atoms with van der Waals surface area (Å²) in [5.41, 5.74) is 0. The fourth-order valence-electron chi connectivity index (χ4n) is 1.55. The Labute approximate surface area is 108 Å². The molecule has 2 amide bonds. The normalized spacial score (nSPS) is 11.9. The van der Waals surface area contributed by atoms with E-state index in [1.165, 1.54) is 4.90 Å². The highest BCUT2D eigenvalue weighted by atomic mass is 16.5. The van der Waals surface area contributed by atoms with E-state index in [0.29, 0.717) is 19.6 Å². The van der Waals surface area contributed by atoms with Gasteiger partial charge in [-0.05, 0) is 12.8 Å². The van der Waals surface area contributed by atoms with Crippen LogP contribution >= 0.6 is 0 Å². The van der Waals surface area contributed by atoms with Gasteiger partial charge in [-0.15, -0.1) is 0 Å². The predicted molar refractivity (Wildman–Crippen MR) is 68.6 cm³/mol. The molecule has 0 aromatic carbocycles. The molecule has 0 saturated heterocycles. The molecule has 6 heteroatoms. The first-order valence-corrected chi connectivity index (χ1v) is 6.23. The zero-order valence-corrected chi connectivity index (χ0v) is 11.4. The summed E-state index contributed by atoms with van der Waals surface area (Å²) < 4.78 is 4.90. The molecule has 0 radical (unpaired) electrons. The quantitative estimate of drug-likeness (QED) is 0.610. The van der Waals surface area contributed by atoms with Crippen LogP contribution in [-0.4, -0.2) is 55.9 Å². The number of urea groups is 1. The maximum Gasteiger partial charge on any atom is 0.317 e. The summed E-state index contributed by atoms with van der Waals surface area (Å²) in [6, 6.07) is -0.242. The van der Waals surface area contributed by atoms with E-state index in [0.717, 1.165) is 12.8 Å². The van der Waals surface area contributed by atoms with Gasteiger partial charge in [-0.3, -0.25) is 4.79 Å². The van der Waals surface area contributed by atoms with Gasteiger partial charge in [-0.1, -0.05) is 13.3 Å². The zero-order chi connectivity index (χ0) is 14.0. The van der Waals surface area contributed by atoms with Gasteiger partial charge < -0.3 is 20.1 Å². The third-order valence-electron chi connectivity index (χ3n) is 2.67. The molecule has 2 N–H and O–H groups in total. The van der Waals surface area contributed by atoms with Crippen LogP contribution in [0.4, 0.5) is 4.79 Å². The Kier molecular flexibility index (Phi) is 9.00. The van der Waals surface area contributed by atoms with Gasteiger partial charge in [0.15, 0.2) is 0 Å². The van der Waals surface area contributed by atoms with Crippen molar-refractivity contribution in [2.24, 2.45) is 5.92 Å². The molecule has 0 aromatic rings. The van der Waals surface area contributed by atoms with Crippen molar-refractivity contribution in [1.29, 1.82) is 0 Å². The van der Waals surface area contributed by atoms with Crippen molar-refractivity contribution in [3.63, 3.8) is 0 Å². The maximum absolute atomic E-state index is 11.6. The molecular formula is C12H24N2O4. The SMILES string of the molecule is CCCC(CNC(=O)N(C)CCCOC)C(=O)O. The number of carboxylic acid groups (broad SMARTS) is 1. The fourth-order valence-corrected chi connectivity index (χ4v) is 1.55. The van der Waals surface area contributed by atoms with Gasteiger partial charge in [0.1, 0.15) is 0 Å². The summed E-state index contributed by atoms with van der Waals surface area (Å²) in [6.07, 6.45) is 2.12. The summed E-state index contributed by atoms with van der Waals surface area (Å²) in [6.45, 7) is 3.29. The molecule has 106 valence electrons. The predicted octanol–water partition coefficient (Wildman–Crippen LogP) is 1.17. The number of amides is 2. The third-order valence-corrected chi connectivity index (χ3v) is 2.67. The van der Waals surface area contributed by atoms with Gasteiger partial charge >= 0.3 is 12.0 Å². The van der Waals surface area contributed by atoms with Gasteiger partial charge in [0.2, 0.25) is 0 Å². The van der Waals surface area contributed by atoms with E-state index in [-0.39, 0.29) is 12.6 Å². The highest BCUT2D eigenvalue weighted by Gasteiger charge is 2.18. The number of hydrogen-bond acceptors (Lipinski definition) is 3. The average molecular weight is 260 g/mol. The van der Waals surface area contributed by atoms with Crippen LogP contribution in [0.1, 0.15) is 26.2 Å². The van der Waals surface area contributed by atoms with E-state index in [1.807, 2.05) is 6.92 Å². The Hall–Kier alpha value is -1.30. The summed E-state index contributed by atoms with van der Waals surface area (Å²) in [4.78, 5) is 24.1. The molecule has 0 spiro atoms. The number of carbonyl (C=O) groups excluding carboxylic acids is 1. The summed E-state index contributed by atoms with van der Waals surface area (Å²) in [5, 5.41) is 11.6. The number of nitrogens with zero attached hydrogens (tertiary/aromatic N) is 1. The minimum atomic E-state index is -0.862. The van der Waals surface area contributed by atoms with E-state index in [4.69, 9.17) is 9.84 Å². The van der Waals surface area contributed by atoms with Crippen molar-refractivity contribution in [1.82, 2.24) is 10.2 Å². The molecular weight excluding hydrogens is 236 g/mol. The van der Waals surface area contributed by atoms with Gasteiger partial charge in [0.25, 0.3) is 0 Å². The number of methoxy groups -OCH3 is 1. The molecule has 6 nitrogen and oxygen atoms in total. The standard InChI is InChI=1S/C12H24N2O4/c1-4-6-10(11(15)16)9-13-12(17)14(2)7-5-8-18-3/h10H,4-9H2,1-3H3,(H,13,17)(H,15,16). The highest BCUT2D eigenvalue weighted by Crippen LogP contribution is 2.05. The van der Waals surface area contributed by atoms with E-state index in [2.05, 4.69) is 5.32 Å². The van der Waals surface area contributed by atoms with Crippen molar-refractivity contribution in [3.05, 3.63) is 0 Å². The molecule has 0 rings (SSSR count). The fraction of sp³-hybridized carbons (Fsp3) is 0.833. The lowest BCUT2D eigenvalue weighted by molar-refractivity contribution is -0.141. The molecule has 0 aliphatic rings. The molecule has 1 atom stereocenters. The van der Waals surface area contributed by atoms with Crippen LogP contribution in [0.25, 0.3) is 0 Å². The summed E-state index contributed by atoms with van der Waals surface area (Å²) in [7, 11) is 3.29. The summed E-state index contributed by atoms with van der Waals surface area (Å²) >= 11 is 0. The van der Waals surface area contributed by atoms with Crippen LogP contribution in [0.5, 0.6) is 0 Å². The minimum absolute atomic E-state index is 0.177. The van der Waals surface area contributed by atoms with E-state index in [9.17, 15) is 9.59 Å². The van der Waals surface area contributed by atoms with Crippen LogP contribution in [0.15, 0.2) is 0 Å². The van der Waals surface area contributed by atoms with Crippen molar-refractivity contribution >= 4 is 12.0 Å². The van der Waals surface area contributed by atoms with Crippen LogP contribution in [-0.2, 0) is 9.53 Å². The van der Waals surface area contributed by atoms with Gasteiger partial charge in [-0.2, -0.15) is 0 Å². The molecule has 0 fully saturated rings. The Morgan fingerprint density at radius 3 is 2.61 bits per heavy atom. The molecule has 18 heavy (non-hydrogen) atoms. The molecule has 1 unspecified atom stereocenters. The van der Waals surface area contributed by atoms with E-state index < -0.39 is 11.9 Å². The molecule has 0 bridgehead atoms. The van der Waals surface area contributed by atoms with Gasteiger partial charge in [0.05, 0.1) is 5.92 Å². The van der Waals surface area contributed by atoms with Crippen LogP contribution in [0, 0.1) is 5.92 Å². The molecule has 0 heterocycles. The molecule has 0 saturated carbocycles. The summed E-state index contributed by atoms with van der Waals surface area (Å²) in [5.74, 6) is -1.37. The Bertz CT molecular complexity index is 258. The first-order chi connectivity index (χ1) is 8.52. The number of carbonyl (C=O) groups is 2. The van der Waals surface area contributed by atoms with Crippen LogP contribution < -0.4 is 5.32 Å². The number of nitrogens with one attached hydrogen (secondary N) is 1. The molecule has 0 aliphatic carbocycles. The monoisotopic (exact) mass is 260 g/mol. The van der Waals surface area contributed by atoms with Crippen molar-refractivity contribution in [2.75, 3.05) is 33.9 Å². The topological polar surface area (TPSA) is 78.9 Å². The number of ether oxygens (including phenoxy) is 1. The van der Waals surface area contributed by atoms with E-state index >= 15 is 0 Å². The van der Waals surface area contributed by atoms with Crippen LogP contribution in [0.3, 0.4) is 0 Å². The lowest BCUT2D eigenvalue weighted by atomic mass is 10.0. The Balaban J connectivity index is 3.95. The molecule has 0 aromatic heterocycles. The van der Waals surface area contributed by atoms with Crippen molar-refractivity contribution in [3.8, 4) is 0 Å². The van der Waals surface area contributed by atoms with Crippen molar-refractivity contribution < 1.29 is 19.4 Å². The number of aliphatic carboxylic acids is 1. The maximum atomic E-state index is 11.6.